The molecule has 0 saturated carbocycles. The standard InChI is InChI=1S/C24H30N2.2C2H2O4/c1-25-14-16-26(17-15-25)13-7-12-24-22(18-20-8-3-2-4-9-20)19-21-10-5-6-11-23(21)24;2*3-1(4)2(5)6/h2-6,8-11H,7,12-19H2,1H3;2*(H,3,4)(H,5,6)/p-4. The van der Waals surface area contributed by atoms with E-state index >= 15 is 0 Å². The molecule has 1 fully saturated rings. The van der Waals surface area contributed by atoms with Crippen molar-refractivity contribution < 1.29 is 39.6 Å². The van der Waals surface area contributed by atoms with E-state index in [1.54, 1.807) is 11.1 Å². The lowest BCUT2D eigenvalue weighted by atomic mass is 9.97. The first kappa shape index (κ1) is 30.2. The summed E-state index contributed by atoms with van der Waals surface area (Å²) in [4.78, 5) is 40.8. The van der Waals surface area contributed by atoms with Gasteiger partial charge in [0.2, 0.25) is 0 Å². The summed E-state index contributed by atoms with van der Waals surface area (Å²) in [6.45, 7) is 6.11. The molecule has 38 heavy (non-hydrogen) atoms. The molecule has 10 nitrogen and oxygen atoms in total. The molecular formula is C28H30N2O8-4. The third-order valence-electron chi connectivity index (χ3n) is 6.26. The zero-order valence-corrected chi connectivity index (χ0v) is 21.2. The van der Waals surface area contributed by atoms with E-state index in [0.717, 1.165) is 12.8 Å². The van der Waals surface area contributed by atoms with E-state index in [0.29, 0.717) is 0 Å². The average Bonchev–Trinajstić information content (AvgIpc) is 3.23. The van der Waals surface area contributed by atoms with Crippen molar-refractivity contribution >= 4 is 29.5 Å². The van der Waals surface area contributed by atoms with Gasteiger partial charge < -0.3 is 49.4 Å². The highest BCUT2D eigenvalue weighted by molar-refractivity contribution is 6.25. The molecule has 0 bridgehead atoms. The summed E-state index contributed by atoms with van der Waals surface area (Å²) in [6.07, 6.45) is 4.71. The van der Waals surface area contributed by atoms with Crippen LogP contribution < -0.4 is 20.4 Å². The first-order valence-electron chi connectivity index (χ1n) is 12.2. The van der Waals surface area contributed by atoms with Crippen molar-refractivity contribution in [2.45, 2.75) is 25.7 Å². The maximum absolute atomic E-state index is 8.93. The van der Waals surface area contributed by atoms with Crippen molar-refractivity contribution in [3.05, 3.63) is 76.9 Å². The van der Waals surface area contributed by atoms with Crippen LogP contribution in [-0.4, -0.2) is 73.4 Å². The van der Waals surface area contributed by atoms with Crippen molar-refractivity contribution in [2.24, 2.45) is 0 Å². The number of allylic oxidation sites excluding steroid dienone is 2. The number of carbonyl (C=O) groups excluding carboxylic acids is 4. The molecule has 1 saturated heterocycles. The fourth-order valence-electron chi connectivity index (χ4n) is 4.37. The predicted molar refractivity (Wildman–Crippen MR) is 130 cm³/mol. The van der Waals surface area contributed by atoms with Crippen LogP contribution in [0.3, 0.4) is 0 Å². The van der Waals surface area contributed by atoms with Gasteiger partial charge in [0.1, 0.15) is 0 Å². The van der Waals surface area contributed by atoms with Gasteiger partial charge in [-0.25, -0.2) is 0 Å². The second-order valence-electron chi connectivity index (χ2n) is 8.98. The maximum atomic E-state index is 8.93. The smallest absolute Gasteiger partial charge is 0.0870 e. The molecule has 2 aliphatic rings. The number of piperazine rings is 1. The molecule has 204 valence electrons. The largest absolute Gasteiger partial charge is 0.543 e. The molecule has 0 aromatic heterocycles. The molecule has 10 heteroatoms. The average molecular weight is 523 g/mol. The van der Waals surface area contributed by atoms with Gasteiger partial charge in [-0.15, -0.1) is 0 Å². The molecule has 2 aromatic carbocycles. The Morgan fingerprint density at radius 1 is 0.737 bits per heavy atom. The molecule has 4 rings (SSSR count). The number of likely N-dealkylation sites (N-methyl/N-ethyl adjacent to an activating group) is 1. The lowest BCUT2D eigenvalue weighted by Gasteiger charge is -2.32. The lowest BCUT2D eigenvalue weighted by molar-refractivity contribution is -0.345. The van der Waals surface area contributed by atoms with E-state index in [9.17, 15) is 0 Å². The Kier molecular flexibility index (Phi) is 12.1. The summed E-state index contributed by atoms with van der Waals surface area (Å²) < 4.78 is 0. The first-order valence-corrected chi connectivity index (χ1v) is 12.2. The van der Waals surface area contributed by atoms with Crippen molar-refractivity contribution in [3.63, 3.8) is 0 Å². The molecule has 0 radical (unpaired) electrons. The Balaban J connectivity index is 0.000000355. The number of nitrogens with zero attached hydrogens (tertiary/aromatic N) is 2. The molecule has 0 N–H and O–H groups in total. The SMILES string of the molecule is CN1CCN(CCCC2=C(Cc3ccccc3)Cc3ccccc32)CC1.O=C([O-])C(=O)[O-].O=C([O-])C(=O)[O-]. The minimum atomic E-state index is -2.19. The number of hydrogen-bond donors (Lipinski definition) is 0. The monoisotopic (exact) mass is 522 g/mol. The third-order valence-corrected chi connectivity index (χ3v) is 6.26. The number of benzene rings is 2. The van der Waals surface area contributed by atoms with Crippen molar-refractivity contribution in [2.75, 3.05) is 39.8 Å². The Labute approximate surface area is 221 Å². The predicted octanol–water partition coefficient (Wildman–Crippen LogP) is -2.76. The molecule has 0 amide bonds. The van der Waals surface area contributed by atoms with Crippen LogP contribution in [0.25, 0.3) is 5.57 Å². The van der Waals surface area contributed by atoms with Crippen molar-refractivity contribution in [1.29, 1.82) is 0 Å². The van der Waals surface area contributed by atoms with Gasteiger partial charge in [0, 0.05) is 26.2 Å². The van der Waals surface area contributed by atoms with E-state index in [4.69, 9.17) is 39.6 Å². The Bertz CT molecular complexity index is 1090. The topological polar surface area (TPSA) is 167 Å². The van der Waals surface area contributed by atoms with Crippen LogP contribution in [0.4, 0.5) is 0 Å². The summed E-state index contributed by atoms with van der Waals surface area (Å²) in [7, 11) is 2.23. The van der Waals surface area contributed by atoms with Gasteiger partial charge >= 0.3 is 0 Å². The van der Waals surface area contributed by atoms with Crippen molar-refractivity contribution in [1.82, 2.24) is 9.80 Å². The molecule has 1 aliphatic heterocycles. The summed E-state index contributed by atoms with van der Waals surface area (Å²) in [5.41, 5.74) is 7.73. The van der Waals surface area contributed by atoms with Gasteiger partial charge in [-0.1, -0.05) is 60.2 Å². The van der Waals surface area contributed by atoms with Crippen LogP contribution in [0, 0.1) is 0 Å². The highest BCUT2D eigenvalue weighted by Gasteiger charge is 2.21. The number of carbonyl (C=O) groups is 4. The van der Waals surface area contributed by atoms with Gasteiger partial charge in [0.05, 0.1) is 23.9 Å². The highest BCUT2D eigenvalue weighted by atomic mass is 16.4. The molecule has 0 spiro atoms. The zero-order chi connectivity index (χ0) is 28.1. The number of fused-ring (bicyclic) bond motifs is 1. The van der Waals surface area contributed by atoms with Gasteiger partial charge in [-0.3, -0.25) is 0 Å². The number of carboxylic acid groups (broad SMARTS) is 4. The highest BCUT2D eigenvalue weighted by Crippen LogP contribution is 2.37. The van der Waals surface area contributed by atoms with Crippen LogP contribution in [0.5, 0.6) is 0 Å². The lowest BCUT2D eigenvalue weighted by Crippen LogP contribution is -2.44. The molecule has 1 aliphatic carbocycles. The van der Waals surface area contributed by atoms with Gasteiger partial charge in [-0.05, 0) is 61.5 Å². The van der Waals surface area contributed by atoms with Gasteiger partial charge in [0.15, 0.2) is 0 Å². The second kappa shape index (κ2) is 15.3. The number of hydrogen-bond acceptors (Lipinski definition) is 10. The molecular weight excluding hydrogens is 492 g/mol. The Hall–Kier alpha value is -4.02. The Morgan fingerprint density at radius 3 is 1.82 bits per heavy atom. The summed E-state index contributed by atoms with van der Waals surface area (Å²) >= 11 is 0. The van der Waals surface area contributed by atoms with E-state index in [2.05, 4.69) is 71.4 Å². The summed E-state index contributed by atoms with van der Waals surface area (Å²) in [5, 5.41) is 35.7. The molecule has 0 unspecified atom stereocenters. The minimum absolute atomic E-state index is 1.10. The van der Waals surface area contributed by atoms with Crippen LogP contribution >= 0.6 is 0 Å². The number of aliphatic carboxylic acids is 4. The molecule has 2 aromatic rings. The van der Waals surface area contributed by atoms with Gasteiger partial charge in [0.25, 0.3) is 0 Å². The maximum Gasteiger partial charge on any atom is 0.0870 e. The van der Waals surface area contributed by atoms with E-state index in [-0.39, 0.29) is 0 Å². The minimum Gasteiger partial charge on any atom is -0.543 e. The number of rotatable bonds is 6. The van der Waals surface area contributed by atoms with Crippen molar-refractivity contribution in [3.8, 4) is 0 Å². The van der Waals surface area contributed by atoms with E-state index in [1.165, 1.54) is 62.3 Å². The second-order valence-corrected chi connectivity index (χ2v) is 8.98. The van der Waals surface area contributed by atoms with E-state index in [1.807, 2.05) is 0 Å². The summed E-state index contributed by atoms with van der Waals surface area (Å²) in [5.74, 6) is -8.74. The van der Waals surface area contributed by atoms with Crippen LogP contribution in [-0.2, 0) is 32.0 Å². The zero-order valence-electron chi connectivity index (χ0n) is 21.2. The fourth-order valence-corrected chi connectivity index (χ4v) is 4.37. The van der Waals surface area contributed by atoms with E-state index < -0.39 is 23.9 Å². The van der Waals surface area contributed by atoms with Crippen LogP contribution in [0.15, 0.2) is 60.2 Å². The quantitative estimate of drug-likeness (QED) is 0.363. The normalized spacial score (nSPS) is 14.9. The van der Waals surface area contributed by atoms with Crippen LogP contribution in [0.2, 0.25) is 0 Å². The Morgan fingerprint density at radius 2 is 1.26 bits per heavy atom. The van der Waals surface area contributed by atoms with Crippen LogP contribution in [0.1, 0.15) is 29.5 Å². The molecule has 0 atom stereocenters. The summed E-state index contributed by atoms with van der Waals surface area (Å²) in [6, 6.07) is 20.0. The molecule has 1 heterocycles. The first-order chi connectivity index (χ1) is 18.1. The van der Waals surface area contributed by atoms with Gasteiger partial charge in [-0.2, -0.15) is 0 Å². The fraction of sp³-hybridized carbons (Fsp3) is 0.357. The third kappa shape index (κ3) is 10.2. The number of carboxylic acids is 4.